The Morgan fingerprint density at radius 3 is 2.58 bits per heavy atom. The van der Waals surface area contributed by atoms with Crippen molar-refractivity contribution in [2.45, 2.75) is 20.5 Å². The molecule has 0 aliphatic rings. The van der Waals surface area contributed by atoms with Crippen molar-refractivity contribution in [2.75, 3.05) is 0 Å². The van der Waals surface area contributed by atoms with Gasteiger partial charge >= 0.3 is 6.09 Å². The number of carbonyl (C=O) groups excluding carboxylic acids is 2. The molecular weight excluding hydrogens is 244 g/mol. The number of hydrogen-bond acceptors (Lipinski definition) is 3. The second-order valence-electron chi connectivity index (χ2n) is 3.70. The first kappa shape index (κ1) is 14.6. The number of carbonyl (C=O) groups is 2. The number of hydrogen-bond donors (Lipinski definition) is 1. The number of allylic oxidation sites excluding steroid dienone is 1. The zero-order chi connectivity index (χ0) is 14.1. The maximum absolute atomic E-state index is 11.5. The summed E-state index contributed by atoms with van der Waals surface area (Å²) in [5.41, 5.74) is 0.883. The maximum atomic E-state index is 11.5. The Kier molecular flexibility index (Phi) is 6.02. The highest BCUT2D eigenvalue weighted by molar-refractivity contribution is 6.06. The molecule has 19 heavy (non-hydrogen) atoms. The lowest BCUT2D eigenvalue weighted by Gasteiger charge is -2.06. The number of rotatable bonds is 3. The summed E-state index contributed by atoms with van der Waals surface area (Å²) in [6.45, 7) is 3.23. The molecule has 2 amide bonds. The Morgan fingerprint density at radius 2 is 2.00 bits per heavy atom. The summed E-state index contributed by atoms with van der Waals surface area (Å²) in [6, 6.07) is 9.30. The number of nitrogens with one attached hydrogen (secondary N) is 1. The quantitative estimate of drug-likeness (QED) is 0.670. The lowest BCUT2D eigenvalue weighted by Crippen LogP contribution is -2.30. The van der Waals surface area contributed by atoms with Crippen LogP contribution in [0.1, 0.15) is 19.4 Å². The highest BCUT2D eigenvalue weighted by Gasteiger charge is 2.05. The van der Waals surface area contributed by atoms with Crippen molar-refractivity contribution in [3.8, 4) is 0 Å². The Hall–Kier alpha value is -2.43. The molecule has 1 aromatic carbocycles. The molecule has 1 aromatic rings. The minimum Gasteiger partial charge on any atom is -0.444 e. The van der Waals surface area contributed by atoms with Gasteiger partial charge in [-0.25, -0.2) is 4.79 Å². The molecule has 100 valence electrons. The number of amides is 2. The summed E-state index contributed by atoms with van der Waals surface area (Å²) in [4.78, 5) is 26.0. The van der Waals surface area contributed by atoms with Crippen LogP contribution < -0.4 is 5.32 Å². The van der Waals surface area contributed by atoms with Crippen LogP contribution in [-0.4, -0.2) is 17.8 Å². The standard InChI is InChI=1S/C14H16N2O3/c1-3-7-13(15-11(2)17)16-14(18)19-10-12-8-5-4-6-9-12/h3-9H,10H2,1-2H3,(H,15,16,17,18)/b7-3-. The lowest BCUT2D eigenvalue weighted by atomic mass is 10.2. The van der Waals surface area contributed by atoms with E-state index in [2.05, 4.69) is 10.3 Å². The fraction of sp³-hybridized carbons (Fsp3) is 0.214. The number of aliphatic imine (C=N–C) groups is 1. The van der Waals surface area contributed by atoms with Crippen molar-refractivity contribution < 1.29 is 14.3 Å². The van der Waals surface area contributed by atoms with E-state index in [4.69, 9.17) is 4.74 Å². The third kappa shape index (κ3) is 6.16. The van der Waals surface area contributed by atoms with Crippen molar-refractivity contribution in [3.05, 3.63) is 48.0 Å². The van der Waals surface area contributed by atoms with Gasteiger partial charge in [-0.15, -0.1) is 0 Å². The third-order valence-corrected chi connectivity index (χ3v) is 2.05. The van der Waals surface area contributed by atoms with E-state index < -0.39 is 12.0 Å². The highest BCUT2D eigenvalue weighted by atomic mass is 16.5. The first-order valence-electron chi connectivity index (χ1n) is 5.81. The van der Waals surface area contributed by atoms with E-state index in [-0.39, 0.29) is 12.4 Å². The fourth-order valence-corrected chi connectivity index (χ4v) is 1.30. The van der Waals surface area contributed by atoms with Crippen LogP contribution in [0.3, 0.4) is 0 Å². The van der Waals surface area contributed by atoms with Crippen molar-refractivity contribution in [3.63, 3.8) is 0 Å². The number of alkyl carbamates (subject to hydrolysis) is 1. The van der Waals surface area contributed by atoms with Gasteiger partial charge in [0.2, 0.25) is 5.91 Å². The smallest absolute Gasteiger partial charge is 0.413 e. The number of nitrogens with zero attached hydrogens (tertiary/aromatic N) is 1. The van der Waals surface area contributed by atoms with Gasteiger partial charge in [-0.1, -0.05) is 36.4 Å². The summed E-state index contributed by atoms with van der Waals surface area (Å²) in [6.07, 6.45) is 2.53. The molecule has 0 saturated carbocycles. The topological polar surface area (TPSA) is 67.8 Å². The number of benzene rings is 1. The zero-order valence-electron chi connectivity index (χ0n) is 10.9. The molecule has 0 aromatic heterocycles. The van der Waals surface area contributed by atoms with Gasteiger partial charge < -0.3 is 4.74 Å². The molecule has 0 aliphatic carbocycles. The van der Waals surface area contributed by atoms with E-state index in [1.165, 1.54) is 13.0 Å². The van der Waals surface area contributed by atoms with Crippen LogP contribution in [0.2, 0.25) is 0 Å². The highest BCUT2D eigenvalue weighted by Crippen LogP contribution is 2.00. The molecule has 1 N–H and O–H groups in total. The SMILES string of the molecule is C/C=C\C(=N/C(C)=O)NC(=O)OCc1ccccc1. The van der Waals surface area contributed by atoms with Crippen LogP contribution in [0.4, 0.5) is 4.79 Å². The minimum atomic E-state index is -0.651. The summed E-state index contributed by atoms with van der Waals surface area (Å²) in [5, 5.41) is 2.40. The second kappa shape index (κ2) is 7.81. The third-order valence-electron chi connectivity index (χ3n) is 2.05. The fourth-order valence-electron chi connectivity index (χ4n) is 1.30. The van der Waals surface area contributed by atoms with Gasteiger partial charge in [-0.3, -0.25) is 10.1 Å². The maximum Gasteiger partial charge on any atom is 0.413 e. The van der Waals surface area contributed by atoms with E-state index in [1.54, 1.807) is 13.0 Å². The molecular formula is C14H16N2O3. The molecule has 0 heterocycles. The summed E-state index contributed by atoms with van der Waals surface area (Å²) >= 11 is 0. The monoisotopic (exact) mass is 260 g/mol. The van der Waals surface area contributed by atoms with Gasteiger partial charge in [0.25, 0.3) is 0 Å². The van der Waals surface area contributed by atoms with E-state index in [0.29, 0.717) is 0 Å². The first-order chi connectivity index (χ1) is 9.11. The van der Waals surface area contributed by atoms with Crippen molar-refractivity contribution >= 4 is 17.8 Å². The lowest BCUT2D eigenvalue weighted by molar-refractivity contribution is -0.115. The van der Waals surface area contributed by atoms with E-state index in [0.717, 1.165) is 5.56 Å². The Bertz CT molecular complexity index is 493. The van der Waals surface area contributed by atoms with E-state index in [9.17, 15) is 9.59 Å². The number of amidine groups is 1. The van der Waals surface area contributed by atoms with Crippen LogP contribution in [0.5, 0.6) is 0 Å². The molecule has 0 unspecified atom stereocenters. The summed E-state index contributed by atoms with van der Waals surface area (Å²) < 4.78 is 5.01. The van der Waals surface area contributed by atoms with Gasteiger partial charge in [0.15, 0.2) is 0 Å². The van der Waals surface area contributed by atoms with Gasteiger partial charge in [-0.05, 0) is 18.6 Å². The number of ether oxygens (including phenoxy) is 1. The first-order valence-corrected chi connectivity index (χ1v) is 5.81. The van der Waals surface area contributed by atoms with Crippen LogP contribution in [0.25, 0.3) is 0 Å². The molecule has 0 aliphatic heterocycles. The van der Waals surface area contributed by atoms with Gasteiger partial charge in [0, 0.05) is 6.92 Å². The zero-order valence-corrected chi connectivity index (χ0v) is 10.9. The molecule has 0 spiro atoms. The van der Waals surface area contributed by atoms with Crippen molar-refractivity contribution in [1.82, 2.24) is 5.32 Å². The Labute approximate surface area is 112 Å². The molecule has 1 rings (SSSR count). The molecule has 0 radical (unpaired) electrons. The Balaban J connectivity index is 2.52. The van der Waals surface area contributed by atoms with Gasteiger partial charge in [0.05, 0.1) is 0 Å². The van der Waals surface area contributed by atoms with Crippen LogP contribution in [0.15, 0.2) is 47.5 Å². The van der Waals surface area contributed by atoms with Crippen molar-refractivity contribution in [1.29, 1.82) is 0 Å². The second-order valence-corrected chi connectivity index (χ2v) is 3.70. The molecule has 5 heteroatoms. The average Bonchev–Trinajstić information content (AvgIpc) is 2.37. The predicted octanol–water partition coefficient (Wildman–Crippen LogP) is 2.43. The molecule has 0 fully saturated rings. The van der Waals surface area contributed by atoms with Crippen LogP contribution in [-0.2, 0) is 16.1 Å². The molecule has 5 nitrogen and oxygen atoms in total. The van der Waals surface area contributed by atoms with E-state index in [1.807, 2.05) is 30.3 Å². The largest absolute Gasteiger partial charge is 0.444 e. The molecule has 0 atom stereocenters. The average molecular weight is 260 g/mol. The van der Waals surface area contributed by atoms with E-state index >= 15 is 0 Å². The summed E-state index contributed by atoms with van der Waals surface area (Å²) in [5.74, 6) is -0.232. The van der Waals surface area contributed by atoms with Crippen molar-refractivity contribution in [2.24, 2.45) is 4.99 Å². The van der Waals surface area contributed by atoms with Crippen LogP contribution in [0, 0.1) is 0 Å². The Morgan fingerprint density at radius 1 is 1.32 bits per heavy atom. The summed E-state index contributed by atoms with van der Waals surface area (Å²) in [7, 11) is 0. The molecule has 0 bridgehead atoms. The molecule has 0 saturated heterocycles. The van der Waals surface area contributed by atoms with Gasteiger partial charge in [-0.2, -0.15) is 4.99 Å². The predicted molar refractivity (Wildman–Crippen MR) is 72.7 cm³/mol. The normalized spacial score (nSPS) is 11.4. The minimum absolute atomic E-state index is 0.160. The van der Waals surface area contributed by atoms with Crippen LogP contribution >= 0.6 is 0 Å². The van der Waals surface area contributed by atoms with Gasteiger partial charge in [0.1, 0.15) is 12.4 Å².